The van der Waals surface area contributed by atoms with Crippen molar-refractivity contribution in [3.8, 4) is 5.75 Å². The van der Waals surface area contributed by atoms with Crippen LogP contribution in [0.25, 0.3) is 0 Å². The molecule has 1 fully saturated rings. The summed E-state index contributed by atoms with van der Waals surface area (Å²) in [7, 11) is 1.57. The van der Waals surface area contributed by atoms with Crippen molar-refractivity contribution >= 4 is 53.9 Å². The predicted octanol–water partition coefficient (Wildman–Crippen LogP) is 0.154. The molecule has 2 amide bonds. The highest BCUT2D eigenvalue weighted by molar-refractivity contribution is 6.16. The molecule has 4 rings (SSSR count). The van der Waals surface area contributed by atoms with Gasteiger partial charge < -0.3 is 41.5 Å². The van der Waals surface area contributed by atoms with E-state index in [4.69, 9.17) is 10.5 Å². The number of aliphatic hydroxyl groups is 3. The molecule has 39 heavy (non-hydrogen) atoms. The highest BCUT2D eigenvalue weighted by atomic mass is 35.5. The number of aromatic hydroxyl groups is 1. The largest absolute Gasteiger partial charge is 0.508 e. The molecule has 12 nitrogen and oxygen atoms in total. The van der Waals surface area contributed by atoms with Crippen LogP contribution in [0.3, 0.4) is 0 Å². The van der Waals surface area contributed by atoms with Crippen LogP contribution in [0.4, 0.5) is 5.69 Å². The molecule has 5 atom stereocenters. The number of amides is 2. The summed E-state index contributed by atoms with van der Waals surface area (Å²) < 4.78 is 4.94. The maximum Gasteiger partial charge on any atom is 0.238 e. The van der Waals surface area contributed by atoms with Gasteiger partial charge in [-0.1, -0.05) is 6.07 Å². The lowest BCUT2D eigenvalue weighted by atomic mass is 9.55. The fourth-order valence-corrected chi connectivity index (χ4v) is 5.85. The zero-order valence-electron chi connectivity index (χ0n) is 21.1. The molecular weight excluding hydrogens is 557 g/mol. The molecule has 0 aromatic heterocycles. The third kappa shape index (κ3) is 5.63. The van der Waals surface area contributed by atoms with Crippen molar-refractivity contribution < 1.29 is 44.3 Å². The van der Waals surface area contributed by atoms with E-state index in [0.717, 1.165) is 0 Å². The van der Waals surface area contributed by atoms with Crippen LogP contribution in [-0.4, -0.2) is 82.3 Å². The van der Waals surface area contributed by atoms with E-state index < -0.39 is 70.8 Å². The van der Waals surface area contributed by atoms with E-state index >= 15 is 0 Å². The Morgan fingerprint density at radius 2 is 1.87 bits per heavy atom. The molecular formula is C25H33Cl2N3O9. The number of carbonyl (C=O) groups is 4. The monoisotopic (exact) mass is 589 g/mol. The zero-order chi connectivity index (χ0) is 27.1. The molecule has 14 heteroatoms. The molecule has 5 unspecified atom stereocenters. The molecule has 3 aliphatic rings. The summed E-state index contributed by atoms with van der Waals surface area (Å²) in [5.74, 6) is -8.00. The lowest BCUT2D eigenvalue weighted by Gasteiger charge is -2.50. The van der Waals surface area contributed by atoms with Crippen LogP contribution in [0.15, 0.2) is 23.5 Å². The van der Waals surface area contributed by atoms with Crippen LogP contribution in [0.1, 0.15) is 35.2 Å². The fourth-order valence-electron chi connectivity index (χ4n) is 5.85. The van der Waals surface area contributed by atoms with Crippen molar-refractivity contribution in [2.24, 2.45) is 23.5 Å². The summed E-state index contributed by atoms with van der Waals surface area (Å²) >= 11 is 0. The average molecular weight is 590 g/mol. The van der Waals surface area contributed by atoms with E-state index in [1.165, 1.54) is 12.1 Å². The molecule has 0 spiro atoms. The van der Waals surface area contributed by atoms with Gasteiger partial charge in [-0.25, -0.2) is 0 Å². The molecule has 1 aromatic rings. The Labute approximate surface area is 236 Å². The number of aliphatic hydroxyl groups excluding tert-OH is 2. The van der Waals surface area contributed by atoms with E-state index in [-0.39, 0.29) is 61.0 Å². The van der Waals surface area contributed by atoms with E-state index in [1.807, 2.05) is 0 Å². The van der Waals surface area contributed by atoms with Crippen molar-refractivity contribution in [2.45, 2.75) is 37.4 Å². The number of carbonyl (C=O) groups excluding carboxylic acids is 4. The SMILES string of the molecule is COCCCNCC(=O)Nc1ccc2c(c1O)C(=O)C1=C(O)C3(O)C(=O)CC(O)CC3C(C(N)=O)C1C2.Cl.Cl. The standard InChI is InChI=1S/C25H31N3O9.2ClH/c1-37-6-2-5-27-10-17(31)28-15-4-3-11-7-13-19(24(26)35)14-8-12(29)9-16(30)25(14,36)23(34)20(13)22(33)18(11)21(15)32;;/h3-4,12-14,19,27,29,32,34,36H,2,5-10H2,1H3,(H2,26,35)(H,28,31);2*1H. The Balaban J connectivity index is 0.00000267. The number of anilines is 1. The zero-order valence-corrected chi connectivity index (χ0v) is 22.8. The number of ketones is 2. The van der Waals surface area contributed by atoms with Gasteiger partial charge in [0.15, 0.2) is 22.9 Å². The van der Waals surface area contributed by atoms with Crippen LogP contribution in [0.5, 0.6) is 5.75 Å². The van der Waals surface area contributed by atoms with Crippen molar-refractivity contribution in [3.63, 3.8) is 0 Å². The number of phenols is 1. The number of allylic oxidation sites excluding steroid dienone is 1. The van der Waals surface area contributed by atoms with E-state index in [2.05, 4.69) is 10.6 Å². The van der Waals surface area contributed by atoms with Gasteiger partial charge in [0.05, 0.1) is 29.8 Å². The number of Topliss-reactive ketones (excluding diaryl/α,β-unsaturated/α-hetero) is 2. The minimum atomic E-state index is -2.56. The first kappa shape index (κ1) is 32.5. The third-order valence-corrected chi connectivity index (χ3v) is 7.53. The summed E-state index contributed by atoms with van der Waals surface area (Å²) in [6, 6.07) is 2.94. The predicted molar refractivity (Wildman–Crippen MR) is 143 cm³/mol. The number of halogens is 2. The first-order valence-electron chi connectivity index (χ1n) is 12.1. The lowest BCUT2D eigenvalue weighted by Crippen LogP contribution is -2.63. The van der Waals surface area contributed by atoms with E-state index in [1.54, 1.807) is 7.11 Å². The van der Waals surface area contributed by atoms with Gasteiger partial charge in [0.1, 0.15) is 5.76 Å². The number of nitrogens with two attached hydrogens (primary N) is 1. The summed E-state index contributed by atoms with van der Waals surface area (Å²) in [5, 5.41) is 48.8. The number of rotatable bonds is 8. The molecule has 3 aliphatic carbocycles. The number of fused-ring (bicyclic) bond motifs is 3. The van der Waals surface area contributed by atoms with Gasteiger partial charge in [0, 0.05) is 37.5 Å². The summed E-state index contributed by atoms with van der Waals surface area (Å²) in [5.41, 5.74) is 2.81. The van der Waals surface area contributed by atoms with Crippen molar-refractivity contribution in [2.75, 3.05) is 32.1 Å². The Kier molecular flexibility index (Phi) is 10.5. The molecule has 216 valence electrons. The summed E-state index contributed by atoms with van der Waals surface area (Å²) in [6.45, 7) is 1.01. The maximum atomic E-state index is 13.6. The first-order valence-corrected chi connectivity index (χ1v) is 12.1. The lowest BCUT2D eigenvalue weighted by molar-refractivity contribution is -0.163. The van der Waals surface area contributed by atoms with Crippen LogP contribution in [0.2, 0.25) is 0 Å². The molecule has 8 N–H and O–H groups in total. The Morgan fingerprint density at radius 3 is 2.51 bits per heavy atom. The highest BCUT2D eigenvalue weighted by Crippen LogP contribution is 2.53. The molecule has 1 saturated carbocycles. The van der Waals surface area contributed by atoms with Gasteiger partial charge in [-0.05, 0) is 37.4 Å². The second kappa shape index (κ2) is 12.6. The summed E-state index contributed by atoms with van der Waals surface area (Å²) in [6.07, 6.45) is -1.07. The molecule has 0 bridgehead atoms. The van der Waals surface area contributed by atoms with Crippen LogP contribution < -0.4 is 16.4 Å². The average Bonchev–Trinajstić information content (AvgIpc) is 2.82. The quantitative estimate of drug-likeness (QED) is 0.161. The smallest absolute Gasteiger partial charge is 0.238 e. The number of primary amides is 1. The van der Waals surface area contributed by atoms with E-state index in [9.17, 15) is 39.6 Å². The van der Waals surface area contributed by atoms with Crippen LogP contribution in [-0.2, 0) is 25.5 Å². The number of hydrogen-bond donors (Lipinski definition) is 7. The molecule has 0 radical (unpaired) electrons. The maximum absolute atomic E-state index is 13.6. The van der Waals surface area contributed by atoms with Crippen molar-refractivity contribution in [1.82, 2.24) is 5.32 Å². The van der Waals surface area contributed by atoms with Gasteiger partial charge in [0.25, 0.3) is 0 Å². The third-order valence-electron chi connectivity index (χ3n) is 7.53. The number of benzene rings is 1. The highest BCUT2D eigenvalue weighted by Gasteiger charge is 2.63. The number of hydrogen-bond acceptors (Lipinski definition) is 10. The topological polar surface area (TPSA) is 209 Å². The second-order valence-corrected chi connectivity index (χ2v) is 9.79. The minimum Gasteiger partial charge on any atom is -0.508 e. The number of methoxy groups -OCH3 is 1. The van der Waals surface area contributed by atoms with Crippen molar-refractivity contribution in [1.29, 1.82) is 0 Å². The number of ether oxygens (including phenoxy) is 1. The van der Waals surface area contributed by atoms with Crippen LogP contribution in [0, 0.1) is 17.8 Å². The fraction of sp³-hybridized carbons (Fsp3) is 0.520. The van der Waals surface area contributed by atoms with Gasteiger partial charge in [-0.2, -0.15) is 0 Å². The molecule has 0 saturated heterocycles. The first-order chi connectivity index (χ1) is 17.5. The second-order valence-electron chi connectivity index (χ2n) is 9.79. The Bertz CT molecular complexity index is 1190. The molecule has 1 aromatic carbocycles. The Hall–Kier alpha value is -2.74. The number of phenolic OH excluding ortho intramolecular Hbond substituents is 1. The van der Waals surface area contributed by atoms with Crippen LogP contribution >= 0.6 is 24.8 Å². The van der Waals surface area contributed by atoms with E-state index in [0.29, 0.717) is 25.1 Å². The minimum absolute atomic E-state index is 0. The van der Waals surface area contributed by atoms with Gasteiger partial charge in [-0.3, -0.25) is 19.2 Å². The summed E-state index contributed by atoms with van der Waals surface area (Å²) in [4.78, 5) is 51.2. The van der Waals surface area contributed by atoms with Gasteiger partial charge in [0.2, 0.25) is 11.8 Å². The van der Waals surface area contributed by atoms with Gasteiger partial charge in [-0.15, -0.1) is 24.8 Å². The molecule has 0 heterocycles. The Morgan fingerprint density at radius 1 is 1.18 bits per heavy atom. The van der Waals surface area contributed by atoms with Gasteiger partial charge >= 0.3 is 0 Å². The number of nitrogens with one attached hydrogen (secondary N) is 2. The molecule has 0 aliphatic heterocycles. The normalized spacial score (nSPS) is 27.4. The van der Waals surface area contributed by atoms with Crippen molar-refractivity contribution in [3.05, 3.63) is 34.6 Å².